The fourth-order valence-electron chi connectivity index (χ4n) is 1.51. The van der Waals surface area contributed by atoms with Crippen LogP contribution in [0.1, 0.15) is 10.4 Å². The van der Waals surface area contributed by atoms with Crippen LogP contribution in [0, 0.1) is 0 Å². The lowest BCUT2D eigenvalue weighted by Gasteiger charge is -2.13. The van der Waals surface area contributed by atoms with Gasteiger partial charge in [0.1, 0.15) is 0 Å². The molecule has 0 aliphatic heterocycles. The van der Waals surface area contributed by atoms with E-state index in [1.54, 1.807) is 0 Å². The van der Waals surface area contributed by atoms with Gasteiger partial charge in [-0.3, -0.25) is 9.78 Å². The molecule has 0 saturated heterocycles. The summed E-state index contributed by atoms with van der Waals surface area (Å²) >= 11 is 3.15. The quantitative estimate of drug-likeness (QED) is 0.899. The van der Waals surface area contributed by atoms with Gasteiger partial charge < -0.3 is 10.1 Å². The minimum absolute atomic E-state index is 0.0835. The molecule has 0 spiro atoms. The van der Waals surface area contributed by atoms with Gasteiger partial charge in [0.2, 0.25) is 0 Å². The summed E-state index contributed by atoms with van der Waals surface area (Å²) in [5.41, 5.74) is 0.117. The fraction of sp³-hybridized carbons (Fsp3) is 0.0769. The number of para-hydroxylation sites is 2. The summed E-state index contributed by atoms with van der Waals surface area (Å²) in [6.45, 7) is 0. The molecule has 0 saturated carbocycles. The number of hydrogen-bond donors (Lipinski definition) is 1. The average Bonchev–Trinajstić information content (AvgIpc) is 2.39. The molecule has 1 amide bonds. The van der Waals surface area contributed by atoms with Crippen molar-refractivity contribution in [2.75, 3.05) is 5.32 Å². The van der Waals surface area contributed by atoms with Gasteiger partial charge in [-0.2, -0.15) is 0 Å². The molecule has 0 fully saturated rings. The third-order valence-corrected chi connectivity index (χ3v) is 2.76. The summed E-state index contributed by atoms with van der Waals surface area (Å²) in [5.74, 6) is -1.08. The predicted molar refractivity (Wildman–Crippen MR) is 73.0 cm³/mol. The Hall–Kier alpha value is -2.09. The molecule has 0 aliphatic carbocycles. The van der Waals surface area contributed by atoms with Gasteiger partial charge in [0.25, 0.3) is 5.91 Å². The minimum Gasteiger partial charge on any atom is -0.404 e. The van der Waals surface area contributed by atoms with Crippen LogP contribution in [0.4, 0.5) is 18.9 Å². The van der Waals surface area contributed by atoms with Crippen LogP contribution in [0.25, 0.3) is 0 Å². The van der Waals surface area contributed by atoms with E-state index in [9.17, 15) is 18.0 Å². The number of ether oxygens (including phenoxy) is 1. The van der Waals surface area contributed by atoms with Crippen molar-refractivity contribution in [2.45, 2.75) is 6.36 Å². The molecule has 2 aromatic rings. The van der Waals surface area contributed by atoms with Gasteiger partial charge in [-0.1, -0.05) is 12.1 Å². The van der Waals surface area contributed by atoms with Crippen LogP contribution < -0.4 is 10.1 Å². The van der Waals surface area contributed by atoms with Crippen LogP contribution in [0.2, 0.25) is 0 Å². The predicted octanol–water partition coefficient (Wildman–Crippen LogP) is 4.00. The van der Waals surface area contributed by atoms with Crippen LogP contribution in [0.3, 0.4) is 0 Å². The van der Waals surface area contributed by atoms with Crippen LogP contribution >= 0.6 is 15.9 Å². The third kappa shape index (κ3) is 4.45. The van der Waals surface area contributed by atoms with Crippen molar-refractivity contribution >= 4 is 27.5 Å². The number of nitrogens with zero attached hydrogens (tertiary/aromatic N) is 1. The van der Waals surface area contributed by atoms with E-state index in [0.717, 1.165) is 6.07 Å². The number of rotatable bonds is 3. The SMILES string of the molecule is O=C(Nc1ccccc1OC(F)(F)F)c1cncc(Br)c1. The Bertz CT molecular complexity index is 662. The molecule has 0 aliphatic rings. The Labute approximate surface area is 126 Å². The first-order valence-electron chi connectivity index (χ1n) is 5.62. The largest absolute Gasteiger partial charge is 0.573 e. The lowest BCUT2D eigenvalue weighted by Crippen LogP contribution is -2.19. The van der Waals surface area contributed by atoms with E-state index in [1.165, 1.54) is 36.7 Å². The second-order valence-electron chi connectivity index (χ2n) is 3.89. The molecule has 110 valence electrons. The molecule has 0 bridgehead atoms. The number of hydrogen-bond acceptors (Lipinski definition) is 3. The lowest BCUT2D eigenvalue weighted by atomic mass is 10.2. The number of amides is 1. The standard InChI is InChI=1S/C13H8BrF3N2O2/c14-9-5-8(6-18-7-9)12(20)19-10-3-1-2-4-11(10)21-13(15,16)17/h1-7H,(H,19,20). The molecular weight excluding hydrogens is 353 g/mol. The van der Waals surface area contributed by atoms with E-state index in [1.807, 2.05) is 0 Å². The second-order valence-corrected chi connectivity index (χ2v) is 4.81. The van der Waals surface area contributed by atoms with Crippen LogP contribution in [0.5, 0.6) is 5.75 Å². The minimum atomic E-state index is -4.84. The Morgan fingerprint density at radius 3 is 2.62 bits per heavy atom. The smallest absolute Gasteiger partial charge is 0.404 e. The maximum absolute atomic E-state index is 12.3. The highest BCUT2D eigenvalue weighted by Crippen LogP contribution is 2.30. The summed E-state index contributed by atoms with van der Waals surface area (Å²) < 4.78 is 41.3. The van der Waals surface area contributed by atoms with Crippen molar-refractivity contribution in [3.63, 3.8) is 0 Å². The Morgan fingerprint density at radius 2 is 1.95 bits per heavy atom. The first-order chi connectivity index (χ1) is 9.85. The van der Waals surface area contributed by atoms with Crippen molar-refractivity contribution in [1.29, 1.82) is 0 Å². The maximum Gasteiger partial charge on any atom is 0.573 e. The van der Waals surface area contributed by atoms with Crippen molar-refractivity contribution in [1.82, 2.24) is 4.98 Å². The topological polar surface area (TPSA) is 51.2 Å². The maximum atomic E-state index is 12.3. The first kappa shape index (κ1) is 15.3. The zero-order valence-electron chi connectivity index (χ0n) is 10.3. The van der Waals surface area contributed by atoms with Gasteiger partial charge in [-0.25, -0.2) is 0 Å². The summed E-state index contributed by atoms with van der Waals surface area (Å²) in [7, 11) is 0. The number of anilines is 1. The number of carbonyl (C=O) groups excluding carboxylic acids is 1. The lowest BCUT2D eigenvalue weighted by molar-refractivity contribution is -0.274. The summed E-state index contributed by atoms with van der Waals surface area (Å²) in [6.07, 6.45) is -2.05. The highest BCUT2D eigenvalue weighted by molar-refractivity contribution is 9.10. The number of aromatic nitrogens is 1. The number of alkyl halides is 3. The monoisotopic (exact) mass is 360 g/mol. The molecule has 1 aromatic carbocycles. The molecule has 21 heavy (non-hydrogen) atoms. The highest BCUT2D eigenvalue weighted by Gasteiger charge is 2.32. The molecular formula is C13H8BrF3N2O2. The fourth-order valence-corrected chi connectivity index (χ4v) is 1.88. The molecule has 8 heteroatoms. The van der Waals surface area contributed by atoms with E-state index in [2.05, 4.69) is 31.0 Å². The molecule has 0 unspecified atom stereocenters. The van der Waals surface area contributed by atoms with Gasteiger partial charge in [0, 0.05) is 16.9 Å². The van der Waals surface area contributed by atoms with Crippen molar-refractivity contribution in [3.8, 4) is 5.75 Å². The number of halogens is 4. The number of pyridine rings is 1. The number of carbonyl (C=O) groups is 1. The van der Waals surface area contributed by atoms with Gasteiger partial charge in [-0.05, 0) is 34.1 Å². The number of nitrogens with one attached hydrogen (secondary N) is 1. The van der Waals surface area contributed by atoms with Crippen LogP contribution in [-0.2, 0) is 0 Å². The van der Waals surface area contributed by atoms with Gasteiger partial charge in [-0.15, -0.1) is 13.2 Å². The Balaban J connectivity index is 2.22. The van der Waals surface area contributed by atoms with E-state index in [4.69, 9.17) is 0 Å². The Kier molecular flexibility index (Phi) is 4.46. The zero-order valence-corrected chi connectivity index (χ0v) is 11.9. The highest BCUT2D eigenvalue weighted by atomic mass is 79.9. The van der Waals surface area contributed by atoms with Gasteiger partial charge >= 0.3 is 6.36 Å². The summed E-state index contributed by atoms with van der Waals surface area (Å²) in [5, 5.41) is 2.35. The normalized spacial score (nSPS) is 11.0. The third-order valence-electron chi connectivity index (χ3n) is 2.33. The second kappa shape index (κ2) is 6.13. The first-order valence-corrected chi connectivity index (χ1v) is 6.41. The Morgan fingerprint density at radius 1 is 1.24 bits per heavy atom. The van der Waals surface area contributed by atoms with Gasteiger partial charge in [0.15, 0.2) is 5.75 Å². The number of benzene rings is 1. The summed E-state index contributed by atoms with van der Waals surface area (Å²) in [6, 6.07) is 6.78. The van der Waals surface area contributed by atoms with E-state index in [-0.39, 0.29) is 11.3 Å². The molecule has 4 nitrogen and oxygen atoms in total. The molecule has 1 aromatic heterocycles. The van der Waals surface area contributed by atoms with Crippen LogP contribution in [0.15, 0.2) is 47.2 Å². The molecule has 1 N–H and O–H groups in total. The van der Waals surface area contributed by atoms with Crippen LogP contribution in [-0.4, -0.2) is 17.3 Å². The van der Waals surface area contributed by atoms with Crippen molar-refractivity contribution in [3.05, 3.63) is 52.8 Å². The summed E-state index contributed by atoms with van der Waals surface area (Å²) in [4.78, 5) is 15.8. The zero-order chi connectivity index (χ0) is 15.5. The van der Waals surface area contributed by atoms with E-state index in [0.29, 0.717) is 4.47 Å². The molecule has 0 atom stereocenters. The molecule has 2 rings (SSSR count). The van der Waals surface area contributed by atoms with Gasteiger partial charge in [0.05, 0.1) is 11.3 Å². The van der Waals surface area contributed by atoms with E-state index >= 15 is 0 Å². The molecule has 1 heterocycles. The van der Waals surface area contributed by atoms with Crippen molar-refractivity contribution in [2.24, 2.45) is 0 Å². The van der Waals surface area contributed by atoms with E-state index < -0.39 is 18.0 Å². The average molecular weight is 361 g/mol. The van der Waals surface area contributed by atoms with Crippen molar-refractivity contribution < 1.29 is 22.7 Å². The molecule has 0 radical (unpaired) electrons.